The molecule has 6 nitrogen and oxygen atoms in total. The Balaban J connectivity index is 1.77. The topological polar surface area (TPSA) is 73.2 Å². The summed E-state index contributed by atoms with van der Waals surface area (Å²) in [5.41, 5.74) is 1.86. The molecule has 0 fully saturated rings. The van der Waals surface area contributed by atoms with Crippen molar-refractivity contribution in [3.05, 3.63) is 53.3 Å². The third-order valence-electron chi connectivity index (χ3n) is 4.62. The molecule has 25 heavy (non-hydrogen) atoms. The molecule has 0 saturated carbocycles. The van der Waals surface area contributed by atoms with E-state index in [-0.39, 0.29) is 18.5 Å². The standard InChI is InChI=1S/C19H23N3O3/c1-3-25-18(24)19(11-10-15-6-4-5-7-16(15)19)21-17(23)9-8-14-12-20-22(2)13-14/h4-7,12-13H,3,8-11H2,1-2H3,(H,21,23)/t19-/m0/s1. The predicted octanol–water partition coefficient (Wildman–Crippen LogP) is 1.87. The van der Waals surface area contributed by atoms with E-state index in [1.54, 1.807) is 17.8 Å². The molecular weight excluding hydrogens is 318 g/mol. The van der Waals surface area contributed by atoms with Crippen LogP contribution < -0.4 is 5.32 Å². The molecule has 132 valence electrons. The summed E-state index contributed by atoms with van der Waals surface area (Å²) >= 11 is 0. The van der Waals surface area contributed by atoms with Crippen LogP contribution in [0.5, 0.6) is 0 Å². The van der Waals surface area contributed by atoms with Crippen molar-refractivity contribution >= 4 is 11.9 Å². The molecule has 0 unspecified atom stereocenters. The van der Waals surface area contributed by atoms with Gasteiger partial charge in [-0.2, -0.15) is 5.10 Å². The number of aromatic nitrogens is 2. The second-order valence-electron chi connectivity index (χ2n) is 6.35. The molecule has 3 rings (SSSR count). The van der Waals surface area contributed by atoms with E-state index in [1.165, 1.54) is 0 Å². The summed E-state index contributed by atoms with van der Waals surface area (Å²) in [7, 11) is 1.84. The minimum absolute atomic E-state index is 0.159. The molecule has 1 amide bonds. The van der Waals surface area contributed by atoms with Crippen molar-refractivity contribution in [1.29, 1.82) is 0 Å². The fraction of sp³-hybridized carbons (Fsp3) is 0.421. The largest absolute Gasteiger partial charge is 0.464 e. The molecule has 6 heteroatoms. The van der Waals surface area contributed by atoms with Gasteiger partial charge in [0.05, 0.1) is 12.8 Å². The van der Waals surface area contributed by atoms with Crippen molar-refractivity contribution in [2.45, 2.75) is 38.1 Å². The average Bonchev–Trinajstić information content (AvgIpc) is 3.18. The molecule has 2 aromatic rings. The maximum atomic E-state index is 12.7. The van der Waals surface area contributed by atoms with E-state index in [1.807, 2.05) is 37.5 Å². The van der Waals surface area contributed by atoms with Crippen LogP contribution in [-0.2, 0) is 39.8 Å². The number of nitrogens with zero attached hydrogens (tertiary/aromatic N) is 2. The zero-order valence-electron chi connectivity index (χ0n) is 14.6. The van der Waals surface area contributed by atoms with Gasteiger partial charge in [0.15, 0.2) is 5.54 Å². The van der Waals surface area contributed by atoms with Crippen LogP contribution in [0.3, 0.4) is 0 Å². The van der Waals surface area contributed by atoms with Crippen molar-refractivity contribution in [3.63, 3.8) is 0 Å². The normalized spacial score (nSPS) is 18.6. The number of carbonyl (C=O) groups is 2. The Morgan fingerprint density at radius 1 is 1.36 bits per heavy atom. The lowest BCUT2D eigenvalue weighted by atomic mass is 9.91. The van der Waals surface area contributed by atoms with Gasteiger partial charge in [0.25, 0.3) is 0 Å². The number of hydrogen-bond acceptors (Lipinski definition) is 4. The number of ether oxygens (including phenoxy) is 1. The number of hydrogen-bond donors (Lipinski definition) is 1. The van der Waals surface area contributed by atoms with Crippen molar-refractivity contribution in [1.82, 2.24) is 15.1 Å². The quantitative estimate of drug-likeness (QED) is 0.814. The molecule has 0 saturated heterocycles. The highest BCUT2D eigenvalue weighted by Gasteiger charge is 2.47. The summed E-state index contributed by atoms with van der Waals surface area (Å²) in [5.74, 6) is -0.539. The number of carbonyl (C=O) groups excluding carboxylic acids is 2. The zero-order valence-corrected chi connectivity index (χ0v) is 14.6. The van der Waals surface area contributed by atoms with E-state index >= 15 is 0 Å². The van der Waals surface area contributed by atoms with Crippen LogP contribution in [0.1, 0.15) is 36.5 Å². The SMILES string of the molecule is CCOC(=O)[C@]1(NC(=O)CCc2cnn(C)c2)CCc2ccccc21. The summed E-state index contributed by atoms with van der Waals surface area (Å²) in [6.45, 7) is 2.06. The molecule has 1 aromatic carbocycles. The highest BCUT2D eigenvalue weighted by Crippen LogP contribution is 2.38. The highest BCUT2D eigenvalue weighted by molar-refractivity contribution is 5.90. The Morgan fingerprint density at radius 2 is 2.16 bits per heavy atom. The van der Waals surface area contributed by atoms with Gasteiger partial charge in [-0.3, -0.25) is 9.48 Å². The highest BCUT2D eigenvalue weighted by atomic mass is 16.5. The van der Waals surface area contributed by atoms with Crippen LogP contribution in [0.15, 0.2) is 36.7 Å². The van der Waals surface area contributed by atoms with Gasteiger partial charge in [0.2, 0.25) is 5.91 Å². The van der Waals surface area contributed by atoms with Gasteiger partial charge >= 0.3 is 5.97 Å². The summed E-state index contributed by atoms with van der Waals surface area (Å²) < 4.78 is 6.99. The fourth-order valence-electron chi connectivity index (χ4n) is 3.42. The van der Waals surface area contributed by atoms with Gasteiger partial charge < -0.3 is 10.1 Å². The number of esters is 1. The first-order valence-corrected chi connectivity index (χ1v) is 8.59. The Kier molecular flexibility index (Phi) is 4.88. The lowest BCUT2D eigenvalue weighted by molar-refractivity contribution is -0.154. The zero-order chi connectivity index (χ0) is 17.9. The Hall–Kier alpha value is -2.63. The van der Waals surface area contributed by atoms with Gasteiger partial charge in [-0.1, -0.05) is 24.3 Å². The van der Waals surface area contributed by atoms with Crippen molar-refractivity contribution in [2.24, 2.45) is 7.05 Å². The van der Waals surface area contributed by atoms with Crippen LogP contribution in [0.25, 0.3) is 0 Å². The lowest BCUT2D eigenvalue weighted by Crippen LogP contribution is -2.51. The minimum atomic E-state index is -1.07. The van der Waals surface area contributed by atoms with E-state index in [0.29, 0.717) is 19.3 Å². The number of benzene rings is 1. The summed E-state index contributed by atoms with van der Waals surface area (Å²) in [4.78, 5) is 25.2. The molecule has 1 aliphatic rings. The summed E-state index contributed by atoms with van der Waals surface area (Å²) in [6, 6.07) is 7.74. The molecule has 1 atom stereocenters. The number of amides is 1. The second-order valence-corrected chi connectivity index (χ2v) is 6.35. The molecule has 0 spiro atoms. The van der Waals surface area contributed by atoms with Gasteiger partial charge in [0.1, 0.15) is 0 Å². The maximum Gasteiger partial charge on any atom is 0.336 e. The van der Waals surface area contributed by atoms with Crippen LogP contribution in [0.4, 0.5) is 0 Å². The molecule has 1 N–H and O–H groups in total. The molecular formula is C19H23N3O3. The van der Waals surface area contributed by atoms with Crippen LogP contribution >= 0.6 is 0 Å². The summed E-state index contributed by atoms with van der Waals surface area (Å²) in [6.07, 6.45) is 5.80. The first-order valence-electron chi connectivity index (χ1n) is 8.59. The third-order valence-corrected chi connectivity index (χ3v) is 4.62. The van der Waals surface area contributed by atoms with Crippen LogP contribution in [-0.4, -0.2) is 28.3 Å². The minimum Gasteiger partial charge on any atom is -0.464 e. The molecule has 1 heterocycles. The van der Waals surface area contributed by atoms with Gasteiger partial charge in [-0.15, -0.1) is 0 Å². The van der Waals surface area contributed by atoms with Gasteiger partial charge in [0, 0.05) is 19.7 Å². The number of rotatable bonds is 6. The van der Waals surface area contributed by atoms with Crippen molar-refractivity contribution < 1.29 is 14.3 Å². The molecule has 0 radical (unpaired) electrons. The van der Waals surface area contributed by atoms with Crippen molar-refractivity contribution in [2.75, 3.05) is 6.61 Å². The Labute approximate surface area is 147 Å². The first-order chi connectivity index (χ1) is 12.0. The third kappa shape index (κ3) is 3.43. The molecule has 1 aliphatic carbocycles. The van der Waals surface area contributed by atoms with Crippen LogP contribution in [0.2, 0.25) is 0 Å². The number of aryl methyl sites for hydroxylation is 3. The average molecular weight is 341 g/mol. The van der Waals surface area contributed by atoms with E-state index in [2.05, 4.69) is 10.4 Å². The Morgan fingerprint density at radius 3 is 2.88 bits per heavy atom. The second kappa shape index (κ2) is 7.09. The first kappa shape index (κ1) is 17.2. The fourth-order valence-corrected chi connectivity index (χ4v) is 3.42. The van der Waals surface area contributed by atoms with Crippen molar-refractivity contribution in [3.8, 4) is 0 Å². The van der Waals surface area contributed by atoms with Gasteiger partial charge in [-0.25, -0.2) is 4.79 Å². The van der Waals surface area contributed by atoms with E-state index in [4.69, 9.17) is 4.74 Å². The number of nitrogens with one attached hydrogen (secondary N) is 1. The smallest absolute Gasteiger partial charge is 0.336 e. The number of fused-ring (bicyclic) bond motifs is 1. The molecule has 0 bridgehead atoms. The maximum absolute atomic E-state index is 12.7. The predicted molar refractivity (Wildman–Crippen MR) is 92.7 cm³/mol. The Bertz CT molecular complexity index is 784. The van der Waals surface area contributed by atoms with E-state index in [0.717, 1.165) is 23.1 Å². The monoisotopic (exact) mass is 341 g/mol. The molecule has 0 aliphatic heterocycles. The van der Waals surface area contributed by atoms with Crippen LogP contribution in [0, 0.1) is 0 Å². The van der Waals surface area contributed by atoms with Gasteiger partial charge in [-0.05, 0) is 42.9 Å². The lowest BCUT2D eigenvalue weighted by Gasteiger charge is -2.29. The van der Waals surface area contributed by atoms with E-state index in [9.17, 15) is 9.59 Å². The molecule has 1 aromatic heterocycles. The van der Waals surface area contributed by atoms with E-state index < -0.39 is 5.54 Å². The summed E-state index contributed by atoms with van der Waals surface area (Å²) in [5, 5.41) is 7.07.